The number of amides is 4. The lowest BCUT2D eigenvalue weighted by atomic mass is 9.88. The molecule has 0 bridgehead atoms. The monoisotopic (exact) mass is 1900 g/mol. The highest BCUT2D eigenvalue weighted by atomic mass is 16.8. The van der Waals surface area contributed by atoms with Crippen molar-refractivity contribution < 1.29 is 208 Å². The molecule has 0 aromatic heterocycles. The zero-order chi connectivity index (χ0) is 96.3. The van der Waals surface area contributed by atoms with Crippen LogP contribution in [-0.4, -0.2) is 439 Å². The van der Waals surface area contributed by atoms with Crippen molar-refractivity contribution in [1.82, 2.24) is 21.3 Å². The molecule has 0 aliphatic carbocycles. The highest BCUT2D eigenvalue weighted by Gasteiger charge is 2.63. The number of aliphatic hydroxyl groups is 22. The van der Waals surface area contributed by atoms with E-state index in [0.29, 0.717) is 12.8 Å². The van der Waals surface area contributed by atoms with Gasteiger partial charge < -0.3 is 205 Å². The summed E-state index contributed by atoms with van der Waals surface area (Å²) < 4.78 is 82.8. The zero-order valence-electron chi connectivity index (χ0n) is 75.0. The van der Waals surface area contributed by atoms with Crippen LogP contribution in [0, 0.1) is 0 Å². The van der Waals surface area contributed by atoms with E-state index in [1.807, 2.05) is 6.08 Å². The Morgan fingerprint density at radius 2 is 0.771 bits per heavy atom. The lowest BCUT2D eigenvalue weighted by Crippen LogP contribution is -2.71. The van der Waals surface area contributed by atoms with E-state index in [4.69, 9.17) is 66.3 Å². The first-order chi connectivity index (χ1) is 62.7. The molecule has 46 nitrogen and oxygen atoms in total. The summed E-state index contributed by atoms with van der Waals surface area (Å²) in [5, 5.41) is 267. The lowest BCUT2D eigenvalue weighted by Gasteiger charge is -2.51. The number of allylic oxidation sites excluding steroid dienone is 1. The molecule has 7 fully saturated rings. The SMILES string of the molecule is CCCCCCCCCCCCC/C=C/[C@@H](O)[C@H](CO[C@@H]1OC(CO)[C@@H](O[C@@H]2OC(CO)[C@H](O)[C@H](O[C@@H]3OC(CO)[C@@H](O[C@@H]4OC(CO)[C@H](O)[C@H](O[C@@H]5OC(CO)[C@@H](O[C@@H]6OC(CO)[C@H](O)[C@H](O[C@]7(C(=O)O)CC(O)[C@@H](NC(=O)CO)C([C@H](O)[C@H](O)CO)O7)C6O)[C@H](O)C5NC(C)=O)C4O)[C@H](O)C3NC(C)=O)C2O)[C@H](O)C1O)NC(=O)CCCCCCCCCCCCCCC. The van der Waals surface area contributed by atoms with Gasteiger partial charge in [-0.15, -0.1) is 0 Å². The van der Waals surface area contributed by atoms with E-state index >= 15 is 0 Å². The fourth-order valence-corrected chi connectivity index (χ4v) is 17.3. The quantitative estimate of drug-likeness (QED) is 0.0199. The summed E-state index contributed by atoms with van der Waals surface area (Å²) in [5.74, 6) is -8.93. The van der Waals surface area contributed by atoms with Gasteiger partial charge in [-0.3, -0.25) is 19.2 Å². The fourth-order valence-electron chi connectivity index (χ4n) is 17.3. The third-order valence-electron chi connectivity index (χ3n) is 24.8. The van der Waals surface area contributed by atoms with Gasteiger partial charge in [-0.1, -0.05) is 167 Å². The standard InChI is InChI=1S/C85H150N4O42/c1-5-7-9-11-13-15-17-19-21-23-25-27-29-31-46(100)45(88-55(103)32-30-28-26-24-22-20-18-16-14-12-10-8-6-2)42-118-80-67(112)66(111)73(54(40-96)124-80)127-82-69(114)76(62(107)50(36-92)120-82)129-78-58(86-43(3)98)64(109)71(52(38-94)122-78)125-81-68(113)75(61(106)49(35-91)119-81)128-79-59(87-44(4)99)65(110)72(53(39-95)123-79)126-83-70(115)77(63(108)51(37-93)121-83)131-85(84(116)117)33-47(101)57(89-56(104)41-97)74(130-85)60(105)48(102)34-90/h29,31,45-54,57-83,90-97,100-102,105-115H,5-28,30,32-42H2,1-4H3,(H,86,98)(H,87,99)(H,88,103)(H,89,104)(H,116,117)/b31-29+/t45-,46+,47?,48+,49?,50?,51?,52?,53?,54?,57+,58?,59?,60+,61-,62-,63-,64+,65+,66+,67?,68?,69?,70?,71+,72+,73+,74?,75-,76-,77-,78-,79-,80+,81-,82-,83-,85-/m0/s1. The molecule has 762 valence electrons. The molecule has 0 aromatic carbocycles. The molecule has 0 radical (unpaired) electrons. The first-order valence-corrected chi connectivity index (χ1v) is 46.3. The Kier molecular flexibility index (Phi) is 50.2. The molecule has 4 amide bonds. The molecule has 0 spiro atoms. The van der Waals surface area contributed by atoms with Crippen LogP contribution in [0.3, 0.4) is 0 Å². The van der Waals surface area contributed by atoms with Gasteiger partial charge in [0.2, 0.25) is 23.6 Å². The average Bonchev–Trinajstić information content (AvgIpc) is 0.733. The van der Waals surface area contributed by atoms with E-state index in [0.717, 1.165) is 71.6 Å². The topological polar surface area (TPSA) is 728 Å². The molecular formula is C85H150N4O42. The van der Waals surface area contributed by atoms with Crippen molar-refractivity contribution in [3.8, 4) is 0 Å². The van der Waals surface area contributed by atoms with Crippen LogP contribution < -0.4 is 21.3 Å². The van der Waals surface area contributed by atoms with Gasteiger partial charge in [-0.25, -0.2) is 4.79 Å². The minimum atomic E-state index is -3.31. The zero-order valence-corrected chi connectivity index (χ0v) is 75.0. The summed E-state index contributed by atoms with van der Waals surface area (Å²) >= 11 is 0. The first-order valence-electron chi connectivity index (χ1n) is 46.3. The van der Waals surface area contributed by atoms with Crippen molar-refractivity contribution in [3.63, 3.8) is 0 Å². The molecule has 27 N–H and O–H groups in total. The molecule has 38 atom stereocenters. The van der Waals surface area contributed by atoms with E-state index in [9.17, 15) is 141 Å². The summed E-state index contributed by atoms with van der Waals surface area (Å²) in [6.45, 7) is -3.33. The van der Waals surface area contributed by atoms with Crippen molar-refractivity contribution in [2.24, 2.45) is 0 Å². The van der Waals surface area contributed by atoms with Gasteiger partial charge in [0.1, 0.15) is 171 Å². The van der Waals surface area contributed by atoms with E-state index in [2.05, 4.69) is 35.1 Å². The molecule has 131 heavy (non-hydrogen) atoms. The minimum absolute atomic E-state index is 0.150. The molecule has 7 aliphatic heterocycles. The second-order valence-electron chi connectivity index (χ2n) is 34.9. The van der Waals surface area contributed by atoms with E-state index in [1.54, 1.807) is 6.08 Å². The van der Waals surface area contributed by atoms with E-state index < -0.39 is 322 Å². The van der Waals surface area contributed by atoms with Crippen LogP contribution in [0.5, 0.6) is 0 Å². The van der Waals surface area contributed by atoms with Gasteiger partial charge in [-0.2, -0.15) is 0 Å². The van der Waals surface area contributed by atoms with Gasteiger partial charge in [0.15, 0.2) is 37.7 Å². The highest BCUT2D eigenvalue weighted by Crippen LogP contribution is 2.42. The molecule has 0 aromatic rings. The number of aliphatic hydroxyl groups excluding tert-OH is 22. The largest absolute Gasteiger partial charge is 0.477 e. The predicted octanol–water partition coefficient (Wildman–Crippen LogP) is -7.06. The Balaban J connectivity index is 1.02. The number of aliphatic carboxylic acids is 1. The fraction of sp³-hybridized carbons (Fsp3) is 0.918. The number of carboxylic acids is 1. The Labute approximate surface area is 761 Å². The summed E-state index contributed by atoms with van der Waals surface area (Å²) in [7, 11) is 0. The van der Waals surface area contributed by atoms with Crippen LogP contribution in [0.2, 0.25) is 0 Å². The smallest absolute Gasteiger partial charge is 0.364 e. The maximum Gasteiger partial charge on any atom is 0.364 e. The van der Waals surface area contributed by atoms with Crippen LogP contribution in [0.4, 0.5) is 0 Å². The number of ether oxygens (including phenoxy) is 14. The Morgan fingerprint density at radius 1 is 0.405 bits per heavy atom. The molecule has 0 saturated carbocycles. The second-order valence-corrected chi connectivity index (χ2v) is 34.9. The number of hydrogen-bond acceptors (Lipinski definition) is 41. The maximum atomic E-state index is 13.6. The van der Waals surface area contributed by atoms with Gasteiger partial charge in [0.25, 0.3) is 5.79 Å². The average molecular weight is 1900 g/mol. The van der Waals surface area contributed by atoms with Gasteiger partial charge in [0, 0.05) is 26.7 Å². The van der Waals surface area contributed by atoms with E-state index in [-0.39, 0.29) is 12.3 Å². The molecule has 7 heterocycles. The number of rotatable bonds is 58. The van der Waals surface area contributed by atoms with Gasteiger partial charge >= 0.3 is 5.97 Å². The number of carbonyl (C=O) groups excluding carboxylic acids is 4. The van der Waals surface area contributed by atoms with Crippen LogP contribution >= 0.6 is 0 Å². The van der Waals surface area contributed by atoms with Crippen LogP contribution in [-0.2, 0) is 90.3 Å². The number of unbranched alkanes of at least 4 members (excludes halogenated alkanes) is 23. The van der Waals surface area contributed by atoms with Gasteiger partial charge in [0.05, 0.1) is 77.1 Å². The summed E-state index contributed by atoms with van der Waals surface area (Å²) in [6, 6.07) is -6.86. The molecular weight excluding hydrogens is 1750 g/mol. The molecule has 46 heteroatoms. The summed E-state index contributed by atoms with van der Waals surface area (Å²) in [4.78, 5) is 65.1. The third kappa shape index (κ3) is 32.4. The Hall–Kier alpha value is -4.35. The number of nitrogens with one attached hydrogen (secondary N) is 4. The van der Waals surface area contributed by atoms with Crippen molar-refractivity contribution >= 4 is 29.6 Å². The van der Waals surface area contributed by atoms with Crippen molar-refractivity contribution in [2.45, 2.75) is 434 Å². The van der Waals surface area contributed by atoms with Crippen molar-refractivity contribution in [2.75, 3.05) is 59.5 Å². The number of carbonyl (C=O) groups is 5. The minimum Gasteiger partial charge on any atom is -0.477 e. The summed E-state index contributed by atoms with van der Waals surface area (Å²) in [6.07, 6.45) is -38.8. The number of hydrogen-bond donors (Lipinski definition) is 27. The Bertz CT molecular complexity index is 3280. The Morgan fingerprint density at radius 3 is 1.16 bits per heavy atom. The van der Waals surface area contributed by atoms with Crippen LogP contribution in [0.25, 0.3) is 0 Å². The van der Waals surface area contributed by atoms with Crippen molar-refractivity contribution in [3.05, 3.63) is 12.2 Å². The number of carboxylic acid groups (broad SMARTS) is 1. The third-order valence-corrected chi connectivity index (χ3v) is 24.8. The molecule has 14 unspecified atom stereocenters. The van der Waals surface area contributed by atoms with Crippen LogP contribution in [0.15, 0.2) is 12.2 Å². The highest BCUT2D eigenvalue weighted by molar-refractivity contribution is 5.78. The molecule has 7 saturated heterocycles. The summed E-state index contributed by atoms with van der Waals surface area (Å²) in [5.41, 5.74) is 0. The molecule has 7 aliphatic rings. The van der Waals surface area contributed by atoms with Crippen LogP contribution in [0.1, 0.15) is 201 Å². The maximum absolute atomic E-state index is 13.6. The predicted molar refractivity (Wildman–Crippen MR) is 447 cm³/mol. The van der Waals surface area contributed by atoms with Gasteiger partial charge in [-0.05, 0) is 19.3 Å². The van der Waals surface area contributed by atoms with E-state index in [1.165, 1.54) is 89.9 Å². The lowest BCUT2D eigenvalue weighted by molar-refractivity contribution is -0.391. The first kappa shape index (κ1) is 114. The second kappa shape index (κ2) is 57.9. The van der Waals surface area contributed by atoms with Crippen molar-refractivity contribution in [1.29, 1.82) is 0 Å². The molecule has 7 rings (SSSR count). The normalized spacial score (nSPS) is 37.5.